The summed E-state index contributed by atoms with van der Waals surface area (Å²) in [5, 5.41) is 10.5. The lowest BCUT2D eigenvalue weighted by molar-refractivity contribution is -0.127. The molecule has 0 N–H and O–H groups in total. The third-order valence-corrected chi connectivity index (χ3v) is 4.96. The van der Waals surface area contributed by atoms with E-state index in [4.69, 9.17) is 11.6 Å². The zero-order valence-electron chi connectivity index (χ0n) is 13.4. The smallest absolute Gasteiger partial charge is 0.233 e. The average molecular weight is 330 g/mol. The first-order valence-corrected chi connectivity index (χ1v) is 8.52. The highest BCUT2D eigenvalue weighted by molar-refractivity contribution is 6.30. The zero-order chi connectivity index (χ0) is 16.6. The molecule has 1 saturated carbocycles. The number of halogens is 1. The van der Waals surface area contributed by atoms with Crippen LogP contribution in [0.3, 0.4) is 0 Å². The topological polar surface area (TPSA) is 56.5 Å². The largest absolute Gasteiger partial charge is 0.299 e. The highest BCUT2D eigenvalue weighted by Crippen LogP contribution is 2.69. The molecule has 120 valence electrons. The van der Waals surface area contributed by atoms with Crippen LogP contribution < -0.4 is 0 Å². The summed E-state index contributed by atoms with van der Waals surface area (Å²) in [6.45, 7) is 5.36. The molecule has 1 aliphatic heterocycles. The lowest BCUT2D eigenvalue weighted by atomic mass is 9.98. The van der Waals surface area contributed by atoms with Gasteiger partial charge in [-0.1, -0.05) is 37.6 Å². The fraction of sp³-hybridized carbons (Fsp3) is 0.500. The van der Waals surface area contributed by atoms with Crippen molar-refractivity contribution in [1.82, 2.24) is 4.90 Å². The molecular formula is C18H20ClN3O. The Bertz CT molecular complexity index is 691. The number of aliphatic imine (C=N–C) groups is 1. The van der Waals surface area contributed by atoms with Crippen molar-refractivity contribution in [2.24, 2.45) is 16.3 Å². The predicted molar refractivity (Wildman–Crippen MR) is 90.3 cm³/mol. The summed E-state index contributed by atoms with van der Waals surface area (Å²) in [4.78, 5) is 19.1. The van der Waals surface area contributed by atoms with Crippen molar-refractivity contribution in [3.63, 3.8) is 0 Å². The van der Waals surface area contributed by atoms with E-state index in [2.05, 4.69) is 11.1 Å². The van der Waals surface area contributed by atoms with E-state index in [0.29, 0.717) is 23.9 Å². The molecule has 1 aliphatic carbocycles. The first-order chi connectivity index (χ1) is 11.1. The second-order valence-corrected chi connectivity index (χ2v) is 6.62. The second-order valence-electron chi connectivity index (χ2n) is 6.18. The third-order valence-electron chi connectivity index (χ3n) is 4.71. The van der Waals surface area contributed by atoms with Crippen LogP contribution in [-0.2, 0) is 4.79 Å². The van der Waals surface area contributed by atoms with Gasteiger partial charge in [0.05, 0.1) is 12.0 Å². The Labute approximate surface area is 141 Å². The third kappa shape index (κ3) is 2.26. The van der Waals surface area contributed by atoms with Gasteiger partial charge in [0.1, 0.15) is 11.3 Å². The Morgan fingerprint density at radius 1 is 1.26 bits per heavy atom. The van der Waals surface area contributed by atoms with Crippen LogP contribution in [0.2, 0.25) is 5.02 Å². The zero-order valence-corrected chi connectivity index (χ0v) is 14.2. The molecule has 1 heterocycles. The molecule has 4 nitrogen and oxygen atoms in total. The van der Waals surface area contributed by atoms with E-state index in [1.807, 2.05) is 38.1 Å². The first kappa shape index (κ1) is 16.0. The van der Waals surface area contributed by atoms with E-state index in [1.54, 1.807) is 4.90 Å². The minimum Gasteiger partial charge on any atom is -0.299 e. The van der Waals surface area contributed by atoms with Gasteiger partial charge in [0.25, 0.3) is 0 Å². The van der Waals surface area contributed by atoms with Crippen LogP contribution in [0.5, 0.6) is 0 Å². The van der Waals surface area contributed by atoms with Gasteiger partial charge in [-0.2, -0.15) is 5.26 Å². The average Bonchev–Trinajstić information content (AvgIpc) is 3.17. The van der Waals surface area contributed by atoms with Gasteiger partial charge in [-0.15, -0.1) is 0 Å². The van der Waals surface area contributed by atoms with Crippen LogP contribution in [-0.4, -0.2) is 29.7 Å². The molecule has 1 saturated heterocycles. The molecule has 2 aliphatic rings. The summed E-state index contributed by atoms with van der Waals surface area (Å²) < 4.78 is 0. The number of amidine groups is 1. The van der Waals surface area contributed by atoms with Crippen LogP contribution in [0.4, 0.5) is 0 Å². The van der Waals surface area contributed by atoms with Gasteiger partial charge in [0, 0.05) is 24.0 Å². The standard InChI is InChI=1S/C18H20ClN3O/c1-3-9-21-17-18(11-20)14(12-5-7-13(19)8-6-12)15(18)16(23)22(17)10-4-2/h5-8,14-15H,3-4,9-10H2,1-2H3/t14-,15+,18+/m1/s1. The maximum absolute atomic E-state index is 12.8. The quantitative estimate of drug-likeness (QED) is 0.828. The van der Waals surface area contributed by atoms with Crippen LogP contribution in [0, 0.1) is 22.7 Å². The van der Waals surface area contributed by atoms with Crippen molar-refractivity contribution < 1.29 is 4.79 Å². The summed E-state index contributed by atoms with van der Waals surface area (Å²) in [5.41, 5.74) is 0.213. The van der Waals surface area contributed by atoms with Gasteiger partial charge in [0.15, 0.2) is 0 Å². The number of amides is 1. The molecule has 1 aromatic carbocycles. The summed E-state index contributed by atoms with van der Waals surface area (Å²) >= 11 is 5.95. The Morgan fingerprint density at radius 2 is 1.96 bits per heavy atom. The van der Waals surface area contributed by atoms with Gasteiger partial charge in [-0.3, -0.25) is 14.7 Å². The van der Waals surface area contributed by atoms with E-state index in [9.17, 15) is 10.1 Å². The van der Waals surface area contributed by atoms with Crippen molar-refractivity contribution in [2.75, 3.05) is 13.1 Å². The number of rotatable bonds is 5. The maximum atomic E-state index is 12.8. The fourth-order valence-electron chi connectivity index (χ4n) is 3.69. The number of carbonyl (C=O) groups excluding carboxylic acids is 1. The molecule has 0 spiro atoms. The molecule has 0 unspecified atom stereocenters. The Hall–Kier alpha value is -1.86. The lowest BCUT2D eigenvalue weighted by Gasteiger charge is -2.23. The minimum atomic E-state index is -0.782. The number of carbonyl (C=O) groups is 1. The molecule has 2 fully saturated rings. The fourth-order valence-corrected chi connectivity index (χ4v) is 3.81. The minimum absolute atomic E-state index is 0.0446. The van der Waals surface area contributed by atoms with E-state index in [0.717, 1.165) is 18.4 Å². The summed E-state index contributed by atoms with van der Waals surface area (Å²) in [7, 11) is 0. The first-order valence-electron chi connectivity index (χ1n) is 8.14. The van der Waals surface area contributed by atoms with Gasteiger partial charge >= 0.3 is 0 Å². The Kier molecular flexibility index (Phi) is 4.16. The monoisotopic (exact) mass is 329 g/mol. The van der Waals surface area contributed by atoms with Crippen LogP contribution in [0.25, 0.3) is 0 Å². The van der Waals surface area contributed by atoms with Gasteiger partial charge in [-0.25, -0.2) is 0 Å². The number of hydrogen-bond donors (Lipinski definition) is 0. The number of piperidine rings is 1. The van der Waals surface area contributed by atoms with Crippen molar-refractivity contribution in [3.8, 4) is 6.07 Å². The van der Waals surface area contributed by atoms with Crippen LogP contribution in [0.1, 0.15) is 38.2 Å². The molecule has 3 atom stereocenters. The van der Waals surface area contributed by atoms with Crippen molar-refractivity contribution in [3.05, 3.63) is 34.9 Å². The molecule has 0 radical (unpaired) electrons. The lowest BCUT2D eigenvalue weighted by Crippen LogP contribution is -2.37. The van der Waals surface area contributed by atoms with E-state index >= 15 is 0 Å². The Balaban J connectivity index is 2.01. The number of hydrogen-bond acceptors (Lipinski definition) is 3. The molecule has 1 aromatic rings. The molecule has 0 aromatic heterocycles. The highest BCUT2D eigenvalue weighted by atomic mass is 35.5. The molecular weight excluding hydrogens is 310 g/mol. The van der Waals surface area contributed by atoms with E-state index in [1.165, 1.54) is 0 Å². The molecule has 5 heteroatoms. The summed E-state index contributed by atoms with van der Waals surface area (Å²) in [5.74, 6) is 0.332. The highest BCUT2D eigenvalue weighted by Gasteiger charge is 2.78. The molecule has 23 heavy (non-hydrogen) atoms. The van der Waals surface area contributed by atoms with Gasteiger partial charge < -0.3 is 0 Å². The number of likely N-dealkylation sites (tertiary alicyclic amines) is 1. The number of fused-ring (bicyclic) bond motifs is 1. The Morgan fingerprint density at radius 3 is 2.52 bits per heavy atom. The number of nitriles is 1. The van der Waals surface area contributed by atoms with Crippen molar-refractivity contribution in [2.45, 2.75) is 32.6 Å². The number of benzene rings is 1. The van der Waals surface area contributed by atoms with E-state index in [-0.39, 0.29) is 17.7 Å². The van der Waals surface area contributed by atoms with Crippen LogP contribution >= 0.6 is 11.6 Å². The van der Waals surface area contributed by atoms with Crippen LogP contribution in [0.15, 0.2) is 29.3 Å². The maximum Gasteiger partial charge on any atom is 0.233 e. The summed E-state index contributed by atoms with van der Waals surface area (Å²) in [6, 6.07) is 9.89. The molecule has 3 rings (SSSR count). The normalized spacial score (nSPS) is 30.4. The van der Waals surface area contributed by atoms with Crippen molar-refractivity contribution >= 4 is 23.3 Å². The molecule has 0 bridgehead atoms. The molecule has 1 amide bonds. The second kappa shape index (κ2) is 5.98. The predicted octanol–water partition coefficient (Wildman–Crippen LogP) is 3.62. The summed E-state index contributed by atoms with van der Waals surface area (Å²) in [6.07, 6.45) is 1.76. The van der Waals surface area contributed by atoms with E-state index < -0.39 is 5.41 Å². The van der Waals surface area contributed by atoms with Gasteiger partial charge in [-0.05, 0) is 30.5 Å². The number of nitrogens with zero attached hydrogens (tertiary/aromatic N) is 3. The van der Waals surface area contributed by atoms with Gasteiger partial charge in [0.2, 0.25) is 5.91 Å². The SMILES string of the molecule is CCCN=C1N(CCC)C(=O)[C@@H]2[C@@H](c3ccc(Cl)cc3)[C@]12C#N. The van der Waals surface area contributed by atoms with Crippen molar-refractivity contribution in [1.29, 1.82) is 5.26 Å².